The van der Waals surface area contributed by atoms with Gasteiger partial charge in [-0.15, -0.1) is 0 Å². The molecule has 110 valence electrons. The molecular weight excluding hydrogens is 256 g/mol. The van der Waals surface area contributed by atoms with Gasteiger partial charge in [-0.3, -0.25) is 10.1 Å². The van der Waals surface area contributed by atoms with Crippen molar-refractivity contribution < 1.29 is 9.66 Å². The highest BCUT2D eigenvalue weighted by Crippen LogP contribution is 2.39. The molecule has 0 radical (unpaired) electrons. The van der Waals surface area contributed by atoms with Crippen LogP contribution in [0.15, 0.2) is 18.2 Å². The van der Waals surface area contributed by atoms with Crippen molar-refractivity contribution in [2.24, 2.45) is 5.41 Å². The molecule has 1 N–H and O–H groups in total. The first kappa shape index (κ1) is 14.6. The Morgan fingerprint density at radius 2 is 2.00 bits per heavy atom. The molecule has 0 heterocycles. The molecule has 0 spiro atoms. The first-order valence-corrected chi connectivity index (χ1v) is 7.01. The summed E-state index contributed by atoms with van der Waals surface area (Å²) in [6, 6.07) is 5.45. The Balaban J connectivity index is 2.16. The Labute approximate surface area is 119 Å². The Morgan fingerprint density at radius 1 is 1.35 bits per heavy atom. The van der Waals surface area contributed by atoms with Gasteiger partial charge in [-0.25, -0.2) is 0 Å². The zero-order chi connectivity index (χ0) is 14.8. The molecule has 0 aliphatic heterocycles. The molecule has 1 aromatic carbocycles. The molecule has 0 bridgehead atoms. The lowest BCUT2D eigenvalue weighted by atomic mass is 9.75. The van der Waals surface area contributed by atoms with Crippen molar-refractivity contribution in [3.8, 4) is 5.75 Å². The van der Waals surface area contributed by atoms with Gasteiger partial charge in [0.1, 0.15) is 5.69 Å². The summed E-state index contributed by atoms with van der Waals surface area (Å²) in [6.07, 6.45) is 4.37. The molecule has 1 aliphatic rings. The van der Waals surface area contributed by atoms with Crippen molar-refractivity contribution >= 4 is 11.4 Å². The molecule has 0 aromatic heterocycles. The summed E-state index contributed by atoms with van der Waals surface area (Å²) in [5.41, 5.74) is 0.970. The number of hydrogen-bond acceptors (Lipinski definition) is 4. The zero-order valence-electron chi connectivity index (χ0n) is 12.3. The van der Waals surface area contributed by atoms with Gasteiger partial charge in [0, 0.05) is 6.04 Å². The minimum atomic E-state index is -0.381. The van der Waals surface area contributed by atoms with E-state index in [9.17, 15) is 10.1 Å². The lowest BCUT2D eigenvalue weighted by Gasteiger charge is -2.35. The van der Waals surface area contributed by atoms with Crippen molar-refractivity contribution in [3.63, 3.8) is 0 Å². The van der Waals surface area contributed by atoms with Crippen LogP contribution >= 0.6 is 0 Å². The van der Waals surface area contributed by atoms with Crippen LogP contribution in [0.3, 0.4) is 0 Å². The number of nitro benzene ring substituents is 1. The third kappa shape index (κ3) is 3.21. The summed E-state index contributed by atoms with van der Waals surface area (Å²) in [5.74, 6) is 0.302. The lowest BCUT2D eigenvalue weighted by Crippen LogP contribution is -2.30. The van der Waals surface area contributed by atoms with Crippen LogP contribution in [0, 0.1) is 15.5 Å². The Hall–Kier alpha value is -1.78. The molecule has 1 aliphatic carbocycles. The quantitative estimate of drug-likeness (QED) is 0.668. The molecule has 5 nitrogen and oxygen atoms in total. The summed E-state index contributed by atoms with van der Waals surface area (Å²) >= 11 is 0. The first-order valence-electron chi connectivity index (χ1n) is 7.01. The molecule has 0 saturated heterocycles. The predicted molar refractivity (Wildman–Crippen MR) is 79.3 cm³/mol. The van der Waals surface area contributed by atoms with Gasteiger partial charge < -0.3 is 10.1 Å². The summed E-state index contributed by atoms with van der Waals surface area (Å²) in [4.78, 5) is 10.9. The highest BCUT2D eigenvalue weighted by atomic mass is 16.6. The fraction of sp³-hybridized carbons (Fsp3) is 0.600. The number of nitrogens with zero attached hydrogens (tertiary/aromatic N) is 1. The third-order valence-corrected chi connectivity index (χ3v) is 4.10. The fourth-order valence-corrected chi connectivity index (χ4v) is 2.76. The van der Waals surface area contributed by atoms with E-state index in [4.69, 9.17) is 4.74 Å². The number of para-hydroxylation sites is 1. The summed E-state index contributed by atoms with van der Waals surface area (Å²) in [6.45, 7) is 4.55. The second kappa shape index (κ2) is 5.69. The summed E-state index contributed by atoms with van der Waals surface area (Å²) < 4.78 is 5.09. The van der Waals surface area contributed by atoms with Crippen LogP contribution < -0.4 is 10.1 Å². The maximum absolute atomic E-state index is 11.2. The molecule has 0 unspecified atom stereocenters. The van der Waals surface area contributed by atoms with E-state index < -0.39 is 0 Å². The Bertz CT molecular complexity index is 490. The molecule has 2 rings (SSSR count). The normalized spacial score (nSPS) is 18.6. The maximum atomic E-state index is 11.2. The van der Waals surface area contributed by atoms with E-state index in [2.05, 4.69) is 19.2 Å². The number of anilines is 1. The topological polar surface area (TPSA) is 64.4 Å². The van der Waals surface area contributed by atoms with Crippen LogP contribution in [0.1, 0.15) is 39.5 Å². The van der Waals surface area contributed by atoms with Crippen LogP contribution in [0.5, 0.6) is 5.75 Å². The zero-order valence-corrected chi connectivity index (χ0v) is 12.3. The standard InChI is InChI=1S/C15H22N2O3/c1-15(2)9-7-11(8-10-15)16-12-5-4-6-13(20-3)14(12)17(18)19/h4-6,11,16H,7-10H2,1-3H3. The first-order chi connectivity index (χ1) is 9.43. The van der Waals surface area contributed by atoms with Crippen molar-refractivity contribution in [2.45, 2.75) is 45.6 Å². The van der Waals surface area contributed by atoms with Crippen LogP contribution in [-0.2, 0) is 0 Å². The third-order valence-electron chi connectivity index (χ3n) is 4.10. The fourth-order valence-electron chi connectivity index (χ4n) is 2.76. The summed E-state index contributed by atoms with van der Waals surface area (Å²) in [7, 11) is 1.45. The number of benzene rings is 1. The van der Waals surface area contributed by atoms with Gasteiger partial charge in [-0.05, 0) is 43.2 Å². The molecule has 0 amide bonds. The van der Waals surface area contributed by atoms with E-state index in [1.54, 1.807) is 18.2 Å². The van der Waals surface area contributed by atoms with E-state index in [0.29, 0.717) is 22.9 Å². The van der Waals surface area contributed by atoms with Gasteiger partial charge in [0.2, 0.25) is 0 Å². The van der Waals surface area contributed by atoms with E-state index >= 15 is 0 Å². The van der Waals surface area contributed by atoms with Gasteiger partial charge in [-0.2, -0.15) is 0 Å². The number of hydrogen-bond donors (Lipinski definition) is 1. The monoisotopic (exact) mass is 278 g/mol. The van der Waals surface area contributed by atoms with Crippen molar-refractivity contribution in [2.75, 3.05) is 12.4 Å². The largest absolute Gasteiger partial charge is 0.490 e. The second-order valence-electron chi connectivity index (χ2n) is 6.20. The van der Waals surface area contributed by atoms with Gasteiger partial charge in [0.25, 0.3) is 0 Å². The highest BCUT2D eigenvalue weighted by Gasteiger charge is 2.28. The van der Waals surface area contributed by atoms with E-state index in [-0.39, 0.29) is 10.6 Å². The average Bonchev–Trinajstić information content (AvgIpc) is 2.40. The van der Waals surface area contributed by atoms with E-state index in [0.717, 1.165) is 25.7 Å². The van der Waals surface area contributed by atoms with Gasteiger partial charge >= 0.3 is 5.69 Å². The minimum absolute atomic E-state index is 0.0276. The van der Waals surface area contributed by atoms with E-state index in [1.165, 1.54) is 7.11 Å². The Morgan fingerprint density at radius 3 is 2.55 bits per heavy atom. The van der Waals surface area contributed by atoms with Crippen molar-refractivity contribution in [3.05, 3.63) is 28.3 Å². The molecule has 1 aromatic rings. The lowest BCUT2D eigenvalue weighted by molar-refractivity contribution is -0.384. The van der Waals surface area contributed by atoms with Crippen LogP contribution in [-0.4, -0.2) is 18.1 Å². The highest BCUT2D eigenvalue weighted by molar-refractivity contribution is 5.68. The van der Waals surface area contributed by atoms with Crippen LogP contribution in [0.2, 0.25) is 0 Å². The summed E-state index contributed by atoms with van der Waals surface area (Å²) in [5, 5.41) is 14.6. The number of ether oxygens (including phenoxy) is 1. The Kier molecular flexibility index (Phi) is 4.16. The number of methoxy groups -OCH3 is 1. The van der Waals surface area contributed by atoms with Gasteiger partial charge in [-0.1, -0.05) is 19.9 Å². The van der Waals surface area contributed by atoms with Gasteiger partial charge in [0.15, 0.2) is 5.75 Å². The molecule has 5 heteroatoms. The van der Waals surface area contributed by atoms with Crippen molar-refractivity contribution in [1.82, 2.24) is 0 Å². The van der Waals surface area contributed by atoms with Gasteiger partial charge in [0.05, 0.1) is 12.0 Å². The van der Waals surface area contributed by atoms with E-state index in [1.807, 2.05) is 0 Å². The van der Waals surface area contributed by atoms with Crippen LogP contribution in [0.4, 0.5) is 11.4 Å². The van der Waals surface area contributed by atoms with Crippen molar-refractivity contribution in [1.29, 1.82) is 0 Å². The number of nitrogens with one attached hydrogen (secondary N) is 1. The minimum Gasteiger partial charge on any atom is -0.490 e. The molecule has 20 heavy (non-hydrogen) atoms. The predicted octanol–water partition coefficient (Wildman–Crippen LogP) is 3.98. The number of nitro groups is 1. The SMILES string of the molecule is COc1cccc(NC2CCC(C)(C)CC2)c1[N+](=O)[O-]. The van der Waals surface area contributed by atoms with Crippen LogP contribution in [0.25, 0.3) is 0 Å². The second-order valence-corrected chi connectivity index (χ2v) is 6.20. The molecule has 1 saturated carbocycles. The molecular formula is C15H22N2O3. The maximum Gasteiger partial charge on any atom is 0.333 e. The average molecular weight is 278 g/mol. The number of rotatable bonds is 4. The smallest absolute Gasteiger partial charge is 0.333 e. The molecule has 1 fully saturated rings. The molecule has 0 atom stereocenters.